The predicted molar refractivity (Wildman–Crippen MR) is 62.6 cm³/mol. The van der Waals surface area contributed by atoms with Crippen molar-refractivity contribution in [2.75, 3.05) is 0 Å². The van der Waals surface area contributed by atoms with Gasteiger partial charge in [0.05, 0.1) is 5.02 Å². The van der Waals surface area contributed by atoms with Gasteiger partial charge in [-0.3, -0.25) is 0 Å². The Morgan fingerprint density at radius 3 is 2.86 bits per heavy atom. The number of nitrogens with two attached hydrogens (primary N) is 1. The number of aromatic hydroxyl groups is 1. The Hall–Kier alpha value is -0.510. The van der Waals surface area contributed by atoms with Gasteiger partial charge in [0.15, 0.2) is 0 Å². The van der Waals surface area contributed by atoms with Gasteiger partial charge in [-0.1, -0.05) is 33.6 Å². The third-order valence-corrected chi connectivity index (χ3v) is 2.62. The average Bonchev–Trinajstić information content (AvgIpc) is 2.11. The fourth-order valence-corrected chi connectivity index (χ4v) is 2.01. The molecule has 0 aliphatic rings. The highest BCUT2D eigenvalue weighted by Crippen LogP contribution is 2.35. The summed E-state index contributed by atoms with van der Waals surface area (Å²) < 4.78 is 0.801. The van der Waals surface area contributed by atoms with Gasteiger partial charge >= 0.3 is 0 Å². The maximum absolute atomic E-state index is 9.65. The minimum atomic E-state index is -0.275. The lowest BCUT2D eigenvalue weighted by atomic mass is 10.0. The highest BCUT2D eigenvalue weighted by molar-refractivity contribution is 9.10. The molecule has 0 aliphatic heterocycles. The van der Waals surface area contributed by atoms with Crippen LogP contribution in [0.4, 0.5) is 0 Å². The molecule has 0 spiro atoms. The van der Waals surface area contributed by atoms with Crippen LogP contribution in [0.1, 0.15) is 18.0 Å². The fraction of sp³-hybridized carbons (Fsp3) is 0.200. The van der Waals surface area contributed by atoms with E-state index >= 15 is 0 Å². The molecule has 76 valence electrons. The highest BCUT2D eigenvalue weighted by Gasteiger charge is 2.13. The second-order valence-corrected chi connectivity index (χ2v) is 4.28. The summed E-state index contributed by atoms with van der Waals surface area (Å²) in [5.41, 5.74) is 6.46. The summed E-state index contributed by atoms with van der Waals surface area (Å²) in [4.78, 5) is 0. The molecule has 3 N–H and O–H groups in total. The first-order valence-corrected chi connectivity index (χ1v) is 5.27. The van der Waals surface area contributed by atoms with Crippen molar-refractivity contribution in [2.24, 2.45) is 5.73 Å². The van der Waals surface area contributed by atoms with Gasteiger partial charge in [0.1, 0.15) is 5.75 Å². The lowest BCUT2D eigenvalue weighted by Gasteiger charge is -2.13. The summed E-state index contributed by atoms with van der Waals surface area (Å²) in [6.45, 7) is 3.59. The van der Waals surface area contributed by atoms with Gasteiger partial charge in [-0.25, -0.2) is 0 Å². The molecule has 0 amide bonds. The van der Waals surface area contributed by atoms with E-state index in [1.807, 2.05) is 0 Å². The minimum absolute atomic E-state index is 0.0456. The zero-order valence-electron chi connectivity index (χ0n) is 7.50. The Labute approximate surface area is 96.5 Å². The molecule has 14 heavy (non-hydrogen) atoms. The van der Waals surface area contributed by atoms with Gasteiger partial charge in [-0.2, -0.15) is 0 Å². The molecule has 0 unspecified atom stereocenters. The number of phenols is 1. The molecule has 0 aliphatic carbocycles. The van der Waals surface area contributed by atoms with Crippen molar-refractivity contribution >= 4 is 27.5 Å². The van der Waals surface area contributed by atoms with Crippen molar-refractivity contribution < 1.29 is 5.11 Å². The standard InChI is InChI=1S/C10H11BrClNO/c1-2-3-9(13)7-4-6(11)5-8(12)10(7)14/h2,4-5,9,14H,1,3,13H2/t9-/m0/s1. The smallest absolute Gasteiger partial charge is 0.139 e. The van der Waals surface area contributed by atoms with Gasteiger partial charge in [-0.05, 0) is 18.6 Å². The number of hydrogen-bond acceptors (Lipinski definition) is 2. The molecule has 0 aromatic heterocycles. The third kappa shape index (κ3) is 2.50. The maximum Gasteiger partial charge on any atom is 0.139 e. The van der Waals surface area contributed by atoms with Crippen molar-refractivity contribution in [1.82, 2.24) is 0 Å². The summed E-state index contributed by atoms with van der Waals surface area (Å²) in [5.74, 6) is 0.0456. The van der Waals surface area contributed by atoms with Crippen molar-refractivity contribution in [3.63, 3.8) is 0 Å². The van der Waals surface area contributed by atoms with Gasteiger partial charge in [0.2, 0.25) is 0 Å². The lowest BCUT2D eigenvalue weighted by molar-refractivity contribution is 0.462. The van der Waals surface area contributed by atoms with E-state index in [0.717, 1.165) is 4.47 Å². The van der Waals surface area contributed by atoms with Crippen LogP contribution in [0, 0.1) is 0 Å². The fourth-order valence-electron chi connectivity index (χ4n) is 1.18. The van der Waals surface area contributed by atoms with Crippen LogP contribution < -0.4 is 5.73 Å². The Bertz CT molecular complexity index is 354. The summed E-state index contributed by atoms with van der Waals surface area (Å²) in [6.07, 6.45) is 2.30. The van der Waals surface area contributed by atoms with E-state index in [2.05, 4.69) is 22.5 Å². The van der Waals surface area contributed by atoms with Crippen LogP contribution in [0.5, 0.6) is 5.75 Å². The van der Waals surface area contributed by atoms with Crippen LogP contribution in [0.15, 0.2) is 29.3 Å². The van der Waals surface area contributed by atoms with E-state index in [1.165, 1.54) is 0 Å². The van der Waals surface area contributed by atoms with Gasteiger partial charge < -0.3 is 10.8 Å². The zero-order chi connectivity index (χ0) is 10.7. The molecule has 0 saturated carbocycles. The van der Waals surface area contributed by atoms with Gasteiger partial charge in [0, 0.05) is 16.1 Å². The van der Waals surface area contributed by atoms with Gasteiger partial charge in [-0.15, -0.1) is 6.58 Å². The third-order valence-electron chi connectivity index (χ3n) is 1.88. The second kappa shape index (κ2) is 4.82. The number of halogens is 2. The van der Waals surface area contributed by atoms with E-state index in [0.29, 0.717) is 17.0 Å². The summed E-state index contributed by atoms with van der Waals surface area (Å²) in [6, 6.07) is 3.11. The van der Waals surface area contributed by atoms with Crippen LogP contribution in [0.2, 0.25) is 5.02 Å². The molecule has 4 heteroatoms. The Kier molecular flexibility index (Phi) is 3.98. The molecule has 0 radical (unpaired) electrons. The highest BCUT2D eigenvalue weighted by atomic mass is 79.9. The lowest BCUT2D eigenvalue weighted by Crippen LogP contribution is -2.09. The molecule has 1 aromatic carbocycles. The van der Waals surface area contributed by atoms with Crippen LogP contribution >= 0.6 is 27.5 Å². The minimum Gasteiger partial charge on any atom is -0.506 e. The average molecular weight is 277 g/mol. The van der Waals surface area contributed by atoms with Crippen LogP contribution in [0.3, 0.4) is 0 Å². The number of phenolic OH excluding ortho intramolecular Hbond substituents is 1. The molecular weight excluding hydrogens is 265 g/mol. The van der Waals surface area contributed by atoms with Crippen molar-refractivity contribution in [2.45, 2.75) is 12.5 Å². The molecule has 0 heterocycles. The zero-order valence-corrected chi connectivity index (χ0v) is 9.85. The van der Waals surface area contributed by atoms with E-state index < -0.39 is 0 Å². The number of benzene rings is 1. The topological polar surface area (TPSA) is 46.2 Å². The van der Waals surface area contributed by atoms with E-state index in [4.69, 9.17) is 17.3 Å². The van der Waals surface area contributed by atoms with Crippen molar-refractivity contribution in [3.05, 3.63) is 39.8 Å². The number of hydrogen-bond donors (Lipinski definition) is 2. The van der Waals surface area contributed by atoms with Crippen LogP contribution in [0.25, 0.3) is 0 Å². The van der Waals surface area contributed by atoms with E-state index in [-0.39, 0.29) is 11.8 Å². The van der Waals surface area contributed by atoms with Crippen LogP contribution in [-0.2, 0) is 0 Å². The molecule has 1 atom stereocenters. The van der Waals surface area contributed by atoms with Crippen molar-refractivity contribution in [3.8, 4) is 5.75 Å². The maximum atomic E-state index is 9.65. The summed E-state index contributed by atoms with van der Waals surface area (Å²) >= 11 is 9.09. The second-order valence-electron chi connectivity index (χ2n) is 2.96. The molecule has 0 bridgehead atoms. The summed E-state index contributed by atoms with van der Waals surface area (Å²) in [7, 11) is 0. The first-order chi connectivity index (χ1) is 6.56. The van der Waals surface area contributed by atoms with E-state index in [1.54, 1.807) is 18.2 Å². The van der Waals surface area contributed by atoms with Gasteiger partial charge in [0.25, 0.3) is 0 Å². The molecule has 0 fully saturated rings. The molecular formula is C10H11BrClNO. The largest absolute Gasteiger partial charge is 0.506 e. The Morgan fingerprint density at radius 1 is 1.64 bits per heavy atom. The first kappa shape index (κ1) is 11.6. The quantitative estimate of drug-likeness (QED) is 0.831. The van der Waals surface area contributed by atoms with E-state index in [9.17, 15) is 5.11 Å². The monoisotopic (exact) mass is 275 g/mol. The molecule has 1 rings (SSSR count). The van der Waals surface area contributed by atoms with Crippen molar-refractivity contribution in [1.29, 1.82) is 0 Å². The Morgan fingerprint density at radius 2 is 2.29 bits per heavy atom. The molecule has 2 nitrogen and oxygen atoms in total. The van der Waals surface area contributed by atoms with Crippen LogP contribution in [-0.4, -0.2) is 5.11 Å². The number of rotatable bonds is 3. The molecule has 0 saturated heterocycles. The summed E-state index contributed by atoms with van der Waals surface area (Å²) in [5, 5.41) is 9.95. The normalized spacial score (nSPS) is 12.5. The SMILES string of the molecule is C=CC[C@H](N)c1cc(Br)cc(Cl)c1O. The first-order valence-electron chi connectivity index (χ1n) is 4.10. The molecule has 1 aromatic rings. The Balaban J connectivity index is 3.12. The predicted octanol–water partition coefficient (Wildman–Crippen LogP) is 3.38.